The number of halogens is 3. The van der Waals surface area contributed by atoms with Crippen LogP contribution in [0.15, 0.2) is 30.5 Å². The van der Waals surface area contributed by atoms with Gasteiger partial charge in [-0.15, -0.1) is 11.3 Å². The van der Waals surface area contributed by atoms with Gasteiger partial charge in [0.05, 0.1) is 22.1 Å². The third-order valence-corrected chi connectivity index (χ3v) is 3.38. The number of nitrogens with zero attached hydrogens (tertiary/aromatic N) is 1. The number of aromatic nitrogens is 1. The Bertz CT molecular complexity index is 519. The zero-order valence-electron chi connectivity index (χ0n) is 9.24. The minimum absolute atomic E-state index is 0.0648. The number of thiazole rings is 1. The van der Waals surface area contributed by atoms with Gasteiger partial charge in [-0.1, -0.05) is 12.1 Å². The van der Waals surface area contributed by atoms with Gasteiger partial charge in [0.15, 0.2) is 0 Å². The maximum Gasteiger partial charge on any atom is 0.416 e. The molecule has 0 aliphatic rings. The molecule has 0 saturated carbocycles. The van der Waals surface area contributed by atoms with E-state index >= 15 is 0 Å². The highest BCUT2D eigenvalue weighted by Crippen LogP contribution is 2.29. The monoisotopic (exact) mass is 273 g/mol. The third-order valence-electron chi connectivity index (χ3n) is 2.39. The van der Waals surface area contributed by atoms with Gasteiger partial charge < -0.3 is 5.11 Å². The van der Waals surface area contributed by atoms with Crippen molar-refractivity contribution < 1.29 is 18.3 Å². The van der Waals surface area contributed by atoms with Crippen molar-refractivity contribution in [1.82, 2.24) is 4.98 Å². The van der Waals surface area contributed by atoms with Gasteiger partial charge in [-0.3, -0.25) is 0 Å². The summed E-state index contributed by atoms with van der Waals surface area (Å²) in [4.78, 5) is 4.84. The van der Waals surface area contributed by atoms with Crippen LogP contribution in [0.3, 0.4) is 0 Å². The molecule has 2 rings (SSSR count). The van der Waals surface area contributed by atoms with Crippen LogP contribution in [-0.4, -0.2) is 10.1 Å². The first-order chi connectivity index (χ1) is 8.49. The molecule has 0 unspecified atom stereocenters. The molecule has 2 aromatic rings. The molecule has 96 valence electrons. The van der Waals surface area contributed by atoms with Crippen molar-refractivity contribution in [2.45, 2.75) is 19.2 Å². The normalized spacial score (nSPS) is 11.8. The van der Waals surface area contributed by atoms with E-state index in [9.17, 15) is 13.2 Å². The smallest absolute Gasteiger partial charge is 0.391 e. The lowest BCUT2D eigenvalue weighted by Gasteiger charge is -2.06. The molecule has 0 saturated heterocycles. The summed E-state index contributed by atoms with van der Waals surface area (Å²) in [5.74, 6) is 0. The fraction of sp³-hybridized carbons (Fsp3) is 0.250. The fourth-order valence-electron chi connectivity index (χ4n) is 1.49. The molecule has 0 fully saturated rings. The Hall–Kier alpha value is -1.40. The van der Waals surface area contributed by atoms with Crippen molar-refractivity contribution in [3.63, 3.8) is 0 Å². The fourth-order valence-corrected chi connectivity index (χ4v) is 2.31. The lowest BCUT2D eigenvalue weighted by Crippen LogP contribution is -2.04. The van der Waals surface area contributed by atoms with E-state index in [0.29, 0.717) is 6.42 Å². The first-order valence-electron chi connectivity index (χ1n) is 5.19. The molecule has 6 heteroatoms. The van der Waals surface area contributed by atoms with Crippen molar-refractivity contribution in [3.05, 3.63) is 51.5 Å². The molecule has 0 bridgehead atoms. The maximum atomic E-state index is 12.4. The molecule has 1 aromatic heterocycles. The number of benzene rings is 1. The van der Waals surface area contributed by atoms with Crippen molar-refractivity contribution in [2.75, 3.05) is 0 Å². The lowest BCUT2D eigenvalue weighted by atomic mass is 10.1. The van der Waals surface area contributed by atoms with E-state index in [1.165, 1.54) is 23.5 Å². The molecule has 0 aliphatic heterocycles. The van der Waals surface area contributed by atoms with Crippen LogP contribution in [0.4, 0.5) is 13.2 Å². The lowest BCUT2D eigenvalue weighted by molar-refractivity contribution is -0.137. The minimum Gasteiger partial charge on any atom is -0.391 e. The average molecular weight is 273 g/mol. The van der Waals surface area contributed by atoms with Gasteiger partial charge in [0.1, 0.15) is 0 Å². The van der Waals surface area contributed by atoms with Gasteiger partial charge >= 0.3 is 6.18 Å². The van der Waals surface area contributed by atoms with Crippen molar-refractivity contribution in [2.24, 2.45) is 0 Å². The summed E-state index contributed by atoms with van der Waals surface area (Å²) in [7, 11) is 0. The van der Waals surface area contributed by atoms with Gasteiger partial charge in [0, 0.05) is 12.6 Å². The first kappa shape index (κ1) is 13.0. The summed E-state index contributed by atoms with van der Waals surface area (Å²) in [6, 6.07) is 5.03. The number of aliphatic hydroxyl groups is 1. The van der Waals surface area contributed by atoms with Gasteiger partial charge in [-0.05, 0) is 17.7 Å². The molecule has 2 nitrogen and oxygen atoms in total. The van der Waals surface area contributed by atoms with E-state index in [-0.39, 0.29) is 6.61 Å². The average Bonchev–Trinajstić information content (AvgIpc) is 2.76. The number of rotatable bonds is 3. The van der Waals surface area contributed by atoms with Crippen LogP contribution < -0.4 is 0 Å². The highest BCUT2D eigenvalue weighted by atomic mass is 32.1. The highest BCUT2D eigenvalue weighted by Gasteiger charge is 2.29. The zero-order chi connectivity index (χ0) is 13.2. The number of hydrogen-bond acceptors (Lipinski definition) is 3. The van der Waals surface area contributed by atoms with Crippen LogP contribution in [-0.2, 0) is 19.2 Å². The summed E-state index contributed by atoms with van der Waals surface area (Å²) in [6.07, 6.45) is -2.25. The van der Waals surface area contributed by atoms with Crippen molar-refractivity contribution >= 4 is 11.3 Å². The summed E-state index contributed by atoms with van der Waals surface area (Å²) in [6.45, 7) is -0.0648. The van der Waals surface area contributed by atoms with Crippen LogP contribution in [0, 0.1) is 0 Å². The molecule has 1 heterocycles. The second-order valence-electron chi connectivity index (χ2n) is 3.75. The Morgan fingerprint density at radius 3 is 2.33 bits per heavy atom. The Balaban J connectivity index is 2.11. The highest BCUT2D eigenvalue weighted by molar-refractivity contribution is 7.11. The Morgan fingerprint density at radius 2 is 1.83 bits per heavy atom. The number of hydrogen-bond donors (Lipinski definition) is 1. The number of alkyl halides is 3. The minimum atomic E-state index is -4.30. The van der Waals surface area contributed by atoms with Crippen molar-refractivity contribution in [1.29, 1.82) is 0 Å². The first-order valence-corrected chi connectivity index (χ1v) is 6.01. The van der Waals surface area contributed by atoms with Gasteiger partial charge in [0.25, 0.3) is 0 Å². The summed E-state index contributed by atoms with van der Waals surface area (Å²) >= 11 is 1.35. The summed E-state index contributed by atoms with van der Waals surface area (Å²) in [5.41, 5.74) is 0.114. The Kier molecular flexibility index (Phi) is 3.68. The molecule has 0 amide bonds. The van der Waals surface area contributed by atoms with Crippen molar-refractivity contribution in [3.8, 4) is 0 Å². The summed E-state index contributed by atoms with van der Waals surface area (Å²) < 4.78 is 37.1. The third kappa shape index (κ3) is 3.08. The molecular formula is C12H10F3NOS. The molecule has 1 N–H and O–H groups in total. The van der Waals surface area contributed by atoms with Crippen LogP contribution in [0.5, 0.6) is 0 Å². The van der Waals surface area contributed by atoms with Gasteiger partial charge in [0.2, 0.25) is 0 Å². The molecule has 0 spiro atoms. The largest absolute Gasteiger partial charge is 0.416 e. The van der Waals surface area contributed by atoms with E-state index in [0.717, 1.165) is 27.6 Å². The molecule has 0 radical (unpaired) electrons. The van der Waals surface area contributed by atoms with Crippen LogP contribution >= 0.6 is 11.3 Å². The van der Waals surface area contributed by atoms with E-state index in [4.69, 9.17) is 5.11 Å². The Labute approximate surface area is 106 Å². The van der Waals surface area contributed by atoms with Gasteiger partial charge in [-0.25, -0.2) is 4.98 Å². The topological polar surface area (TPSA) is 33.1 Å². The Morgan fingerprint density at radius 1 is 1.17 bits per heavy atom. The van der Waals surface area contributed by atoms with E-state index in [1.54, 1.807) is 6.20 Å². The van der Waals surface area contributed by atoms with Crippen LogP contribution in [0.1, 0.15) is 21.0 Å². The second kappa shape index (κ2) is 5.07. The van der Waals surface area contributed by atoms with E-state index < -0.39 is 11.7 Å². The molecular weight excluding hydrogens is 263 g/mol. The predicted octanol–water partition coefficient (Wildman–Crippen LogP) is 3.25. The molecule has 0 aliphatic carbocycles. The van der Waals surface area contributed by atoms with Crippen LogP contribution in [0.2, 0.25) is 0 Å². The maximum absolute atomic E-state index is 12.4. The predicted molar refractivity (Wildman–Crippen MR) is 62.3 cm³/mol. The SMILES string of the molecule is OCc1cnc(Cc2ccc(C(F)(F)F)cc2)s1. The van der Waals surface area contributed by atoms with Crippen LogP contribution in [0.25, 0.3) is 0 Å². The standard InChI is InChI=1S/C12H10F3NOS/c13-12(14,15)9-3-1-8(2-4-9)5-11-16-6-10(7-17)18-11/h1-4,6,17H,5,7H2. The number of aliphatic hydroxyl groups excluding tert-OH is 1. The van der Waals surface area contributed by atoms with E-state index in [2.05, 4.69) is 4.98 Å². The second-order valence-corrected chi connectivity index (χ2v) is 4.95. The zero-order valence-corrected chi connectivity index (χ0v) is 10.1. The summed E-state index contributed by atoms with van der Waals surface area (Å²) in [5, 5.41) is 9.67. The molecule has 1 aromatic carbocycles. The molecule has 18 heavy (non-hydrogen) atoms. The quantitative estimate of drug-likeness (QED) is 0.931. The molecule has 0 atom stereocenters. The van der Waals surface area contributed by atoms with Gasteiger partial charge in [-0.2, -0.15) is 13.2 Å². The van der Waals surface area contributed by atoms with E-state index in [1.807, 2.05) is 0 Å².